The molecule has 0 N–H and O–H groups in total. The lowest BCUT2D eigenvalue weighted by molar-refractivity contribution is 0.397. The van der Waals surface area contributed by atoms with Crippen molar-refractivity contribution in [3.63, 3.8) is 0 Å². The molecule has 0 fully saturated rings. The van der Waals surface area contributed by atoms with Gasteiger partial charge in [0.2, 0.25) is 5.88 Å². The molecule has 0 aliphatic carbocycles. The van der Waals surface area contributed by atoms with Crippen molar-refractivity contribution < 1.29 is 9.13 Å². The second-order valence-corrected chi connectivity index (χ2v) is 2.97. The van der Waals surface area contributed by atoms with Crippen LogP contribution in [0.4, 0.5) is 4.39 Å². The van der Waals surface area contributed by atoms with Gasteiger partial charge in [0.25, 0.3) is 0 Å². The van der Waals surface area contributed by atoms with Crippen LogP contribution in [-0.2, 0) is 6.67 Å². The van der Waals surface area contributed by atoms with Gasteiger partial charge in [0.05, 0.1) is 12.6 Å². The van der Waals surface area contributed by atoms with Crippen LogP contribution in [0.2, 0.25) is 0 Å². The Bertz CT molecular complexity index is 456. The van der Waals surface area contributed by atoms with Gasteiger partial charge >= 0.3 is 0 Å². The molecule has 14 heavy (non-hydrogen) atoms. The normalized spacial score (nSPS) is 10.4. The highest BCUT2D eigenvalue weighted by Crippen LogP contribution is 2.22. The minimum atomic E-state index is -0.501. The summed E-state index contributed by atoms with van der Waals surface area (Å²) in [5.74, 6) is 0.455. The van der Waals surface area contributed by atoms with Crippen LogP contribution in [0.25, 0.3) is 10.9 Å². The van der Waals surface area contributed by atoms with E-state index >= 15 is 0 Å². The summed E-state index contributed by atoms with van der Waals surface area (Å²) in [7, 11) is 1.53. The molecular weight excluding hydrogens is 181 g/mol. The Morgan fingerprint density at radius 1 is 1.36 bits per heavy atom. The number of hydrogen-bond donors (Lipinski definition) is 0. The summed E-state index contributed by atoms with van der Waals surface area (Å²) in [5.41, 5.74) is 1.38. The van der Waals surface area contributed by atoms with Crippen LogP contribution >= 0.6 is 0 Å². The molecule has 0 spiro atoms. The number of para-hydroxylation sites is 1. The number of pyridine rings is 1. The van der Waals surface area contributed by atoms with Gasteiger partial charge < -0.3 is 4.74 Å². The molecule has 0 saturated heterocycles. The van der Waals surface area contributed by atoms with Crippen LogP contribution < -0.4 is 4.74 Å². The molecule has 0 amide bonds. The Hall–Kier alpha value is -1.64. The van der Waals surface area contributed by atoms with Crippen LogP contribution in [0.15, 0.2) is 30.3 Å². The molecule has 1 aromatic heterocycles. The van der Waals surface area contributed by atoms with Crippen LogP contribution in [0.3, 0.4) is 0 Å². The molecule has 3 heteroatoms. The molecule has 0 unspecified atom stereocenters. The molecule has 2 aromatic rings. The average Bonchev–Trinajstić information content (AvgIpc) is 2.27. The monoisotopic (exact) mass is 191 g/mol. The van der Waals surface area contributed by atoms with Crippen molar-refractivity contribution >= 4 is 10.9 Å². The maximum absolute atomic E-state index is 12.7. The van der Waals surface area contributed by atoms with E-state index in [1.807, 2.05) is 24.3 Å². The second kappa shape index (κ2) is 3.62. The van der Waals surface area contributed by atoms with Crippen molar-refractivity contribution in [3.8, 4) is 5.88 Å². The standard InChI is InChI=1S/C11H10FNO/c1-14-11-6-8(7-12)9-4-2-3-5-10(9)13-11/h2-6H,7H2,1H3. The van der Waals surface area contributed by atoms with E-state index in [2.05, 4.69) is 4.98 Å². The number of hydrogen-bond acceptors (Lipinski definition) is 2. The lowest BCUT2D eigenvalue weighted by Crippen LogP contribution is -1.91. The van der Waals surface area contributed by atoms with Gasteiger partial charge in [0.15, 0.2) is 0 Å². The third-order valence-corrected chi connectivity index (χ3v) is 2.13. The largest absolute Gasteiger partial charge is 0.481 e. The zero-order valence-corrected chi connectivity index (χ0v) is 7.83. The molecule has 0 aliphatic heterocycles. The number of ether oxygens (including phenoxy) is 1. The van der Waals surface area contributed by atoms with Gasteiger partial charge in [-0.15, -0.1) is 0 Å². The zero-order valence-electron chi connectivity index (χ0n) is 7.83. The molecule has 0 saturated carbocycles. The number of methoxy groups -OCH3 is 1. The Kier molecular flexibility index (Phi) is 2.31. The van der Waals surface area contributed by atoms with E-state index in [-0.39, 0.29) is 0 Å². The first kappa shape index (κ1) is 8.94. The number of nitrogens with zero attached hydrogens (tertiary/aromatic N) is 1. The van der Waals surface area contributed by atoms with Crippen molar-refractivity contribution in [2.75, 3.05) is 7.11 Å². The van der Waals surface area contributed by atoms with E-state index in [0.717, 1.165) is 10.9 Å². The second-order valence-electron chi connectivity index (χ2n) is 2.97. The number of rotatable bonds is 2. The Balaban J connectivity index is 2.73. The highest BCUT2D eigenvalue weighted by atomic mass is 19.1. The summed E-state index contributed by atoms with van der Waals surface area (Å²) < 4.78 is 17.7. The van der Waals surface area contributed by atoms with Crippen LogP contribution in [0, 0.1) is 0 Å². The third-order valence-electron chi connectivity index (χ3n) is 2.13. The smallest absolute Gasteiger partial charge is 0.213 e. The van der Waals surface area contributed by atoms with E-state index in [1.165, 1.54) is 7.11 Å². The van der Waals surface area contributed by atoms with Gasteiger partial charge in [-0.05, 0) is 11.6 Å². The molecule has 0 aliphatic rings. The number of halogens is 1. The predicted octanol–water partition coefficient (Wildman–Crippen LogP) is 2.71. The highest BCUT2D eigenvalue weighted by molar-refractivity contribution is 5.82. The molecule has 1 heterocycles. The van der Waals surface area contributed by atoms with Crippen LogP contribution in [-0.4, -0.2) is 12.1 Å². The summed E-state index contributed by atoms with van der Waals surface area (Å²) in [5, 5.41) is 0.843. The van der Waals surface area contributed by atoms with Gasteiger partial charge in [-0.25, -0.2) is 9.37 Å². The van der Waals surface area contributed by atoms with Crippen molar-refractivity contribution in [3.05, 3.63) is 35.9 Å². The number of aromatic nitrogens is 1. The molecule has 0 atom stereocenters. The van der Waals surface area contributed by atoms with Crippen LogP contribution in [0.5, 0.6) is 5.88 Å². The minimum Gasteiger partial charge on any atom is -0.481 e. The highest BCUT2D eigenvalue weighted by Gasteiger charge is 2.04. The Morgan fingerprint density at radius 2 is 2.14 bits per heavy atom. The fourth-order valence-electron chi connectivity index (χ4n) is 1.44. The first-order valence-electron chi connectivity index (χ1n) is 4.34. The molecular formula is C11H10FNO. The first-order chi connectivity index (χ1) is 6.85. The summed E-state index contributed by atoms with van der Waals surface area (Å²) in [6.45, 7) is -0.501. The van der Waals surface area contributed by atoms with Gasteiger partial charge in [-0.1, -0.05) is 18.2 Å². The van der Waals surface area contributed by atoms with Gasteiger partial charge in [0.1, 0.15) is 6.67 Å². The van der Waals surface area contributed by atoms with Crippen LogP contribution in [0.1, 0.15) is 5.56 Å². The Morgan fingerprint density at radius 3 is 2.86 bits per heavy atom. The number of alkyl halides is 1. The summed E-state index contributed by atoms with van der Waals surface area (Å²) >= 11 is 0. The van der Waals surface area contributed by atoms with E-state index in [4.69, 9.17) is 4.74 Å². The molecule has 72 valence electrons. The fraction of sp³-hybridized carbons (Fsp3) is 0.182. The summed E-state index contributed by atoms with van der Waals surface area (Å²) in [6.07, 6.45) is 0. The number of benzene rings is 1. The van der Waals surface area contributed by atoms with Gasteiger partial charge in [-0.3, -0.25) is 0 Å². The quantitative estimate of drug-likeness (QED) is 0.728. The fourth-order valence-corrected chi connectivity index (χ4v) is 1.44. The average molecular weight is 191 g/mol. The van der Waals surface area contributed by atoms with E-state index < -0.39 is 6.67 Å². The van der Waals surface area contributed by atoms with E-state index in [9.17, 15) is 4.39 Å². The molecule has 0 bridgehead atoms. The topological polar surface area (TPSA) is 22.1 Å². The molecule has 1 aromatic carbocycles. The van der Waals surface area contributed by atoms with Crippen molar-refractivity contribution in [1.82, 2.24) is 4.98 Å². The third kappa shape index (κ3) is 1.41. The Labute approximate surface area is 81.3 Å². The van der Waals surface area contributed by atoms with Gasteiger partial charge in [-0.2, -0.15) is 0 Å². The molecule has 2 rings (SSSR count). The molecule has 2 nitrogen and oxygen atoms in total. The zero-order chi connectivity index (χ0) is 9.97. The van der Waals surface area contributed by atoms with E-state index in [0.29, 0.717) is 11.4 Å². The predicted molar refractivity (Wildman–Crippen MR) is 53.1 cm³/mol. The van der Waals surface area contributed by atoms with E-state index in [1.54, 1.807) is 6.07 Å². The summed E-state index contributed by atoms with van der Waals surface area (Å²) in [6, 6.07) is 9.07. The SMILES string of the molecule is COc1cc(CF)c2ccccc2n1. The lowest BCUT2D eigenvalue weighted by Gasteiger charge is -2.05. The first-order valence-corrected chi connectivity index (χ1v) is 4.34. The maximum atomic E-state index is 12.7. The van der Waals surface area contributed by atoms with Crippen molar-refractivity contribution in [1.29, 1.82) is 0 Å². The maximum Gasteiger partial charge on any atom is 0.213 e. The minimum absolute atomic E-state index is 0.455. The molecule has 0 radical (unpaired) electrons. The lowest BCUT2D eigenvalue weighted by atomic mass is 10.1. The van der Waals surface area contributed by atoms with Crippen molar-refractivity contribution in [2.45, 2.75) is 6.67 Å². The van der Waals surface area contributed by atoms with Crippen molar-refractivity contribution in [2.24, 2.45) is 0 Å². The summed E-state index contributed by atoms with van der Waals surface area (Å²) in [4.78, 5) is 4.21. The number of fused-ring (bicyclic) bond motifs is 1. The van der Waals surface area contributed by atoms with Gasteiger partial charge in [0, 0.05) is 11.5 Å².